The lowest BCUT2D eigenvalue weighted by Gasteiger charge is -2.13. The first kappa shape index (κ1) is 16.9. The smallest absolute Gasteiger partial charge is 0.322 e. The van der Waals surface area contributed by atoms with Gasteiger partial charge in [0, 0.05) is 4.88 Å². The number of aryl methyl sites for hydroxylation is 2. The van der Waals surface area contributed by atoms with Crippen molar-refractivity contribution in [3.05, 3.63) is 15.6 Å². The quantitative estimate of drug-likeness (QED) is 0.603. The molecule has 1 atom stereocenters. The van der Waals surface area contributed by atoms with E-state index in [0.29, 0.717) is 0 Å². The number of thiazole rings is 1. The van der Waals surface area contributed by atoms with E-state index in [9.17, 15) is 14.4 Å². The number of rotatable bonds is 6. The highest BCUT2D eigenvalue weighted by Gasteiger charge is 2.15. The molecule has 116 valence electrons. The monoisotopic (exact) mass is 314 g/mol. The SMILES string of the molecule is Cc1nc(C)c(C(C)NC(=O)NCC(=O)NCC(=O)O)s1. The Labute approximate surface area is 126 Å². The number of carboxylic acids is 1. The van der Waals surface area contributed by atoms with Gasteiger partial charge in [0.2, 0.25) is 5.91 Å². The van der Waals surface area contributed by atoms with Crippen LogP contribution in [0.15, 0.2) is 0 Å². The van der Waals surface area contributed by atoms with Crippen molar-refractivity contribution in [1.82, 2.24) is 20.9 Å². The standard InChI is InChI=1S/C12H18N4O4S/c1-6-11(21-8(3)15-6)7(2)16-12(20)14-4-9(17)13-5-10(18)19/h7H,4-5H2,1-3H3,(H,13,17)(H,18,19)(H2,14,16,20). The van der Waals surface area contributed by atoms with Crippen molar-refractivity contribution in [2.24, 2.45) is 0 Å². The fourth-order valence-electron chi connectivity index (χ4n) is 1.66. The van der Waals surface area contributed by atoms with Gasteiger partial charge in [-0.3, -0.25) is 9.59 Å². The minimum Gasteiger partial charge on any atom is -0.480 e. The summed E-state index contributed by atoms with van der Waals surface area (Å²) in [5.74, 6) is -1.71. The lowest BCUT2D eigenvalue weighted by molar-refractivity contribution is -0.137. The average Bonchev–Trinajstić information content (AvgIpc) is 2.73. The molecule has 3 amide bonds. The summed E-state index contributed by atoms with van der Waals surface area (Å²) >= 11 is 1.50. The number of aliphatic carboxylic acids is 1. The van der Waals surface area contributed by atoms with Crippen LogP contribution in [-0.4, -0.2) is 41.1 Å². The number of amides is 3. The van der Waals surface area contributed by atoms with E-state index in [-0.39, 0.29) is 12.6 Å². The van der Waals surface area contributed by atoms with Crippen LogP contribution in [0, 0.1) is 13.8 Å². The summed E-state index contributed by atoms with van der Waals surface area (Å²) < 4.78 is 0. The lowest BCUT2D eigenvalue weighted by Crippen LogP contribution is -2.43. The van der Waals surface area contributed by atoms with Gasteiger partial charge in [-0.05, 0) is 20.8 Å². The predicted octanol–water partition coefficient (Wildman–Crippen LogP) is 0.321. The first-order valence-electron chi connectivity index (χ1n) is 6.26. The molecular weight excluding hydrogens is 296 g/mol. The Balaban J connectivity index is 2.38. The van der Waals surface area contributed by atoms with Crippen molar-refractivity contribution < 1.29 is 19.5 Å². The van der Waals surface area contributed by atoms with Gasteiger partial charge in [0.15, 0.2) is 0 Å². The molecule has 0 aliphatic heterocycles. The second-order valence-corrected chi connectivity index (χ2v) is 5.64. The number of nitrogens with zero attached hydrogens (tertiary/aromatic N) is 1. The fourth-order valence-corrected chi connectivity index (χ4v) is 2.59. The maximum Gasteiger partial charge on any atom is 0.322 e. The molecule has 0 saturated heterocycles. The molecule has 1 unspecified atom stereocenters. The van der Waals surface area contributed by atoms with E-state index in [0.717, 1.165) is 15.6 Å². The number of nitrogens with one attached hydrogen (secondary N) is 3. The Hall–Kier alpha value is -2.16. The van der Waals surface area contributed by atoms with Gasteiger partial charge in [-0.15, -0.1) is 11.3 Å². The molecule has 0 saturated carbocycles. The summed E-state index contributed by atoms with van der Waals surface area (Å²) in [6, 6.07) is -0.725. The Kier molecular flexibility index (Phi) is 6.10. The molecule has 4 N–H and O–H groups in total. The zero-order valence-corrected chi connectivity index (χ0v) is 12.8. The van der Waals surface area contributed by atoms with Gasteiger partial charge >= 0.3 is 12.0 Å². The zero-order chi connectivity index (χ0) is 16.0. The largest absolute Gasteiger partial charge is 0.480 e. The van der Waals surface area contributed by atoms with Gasteiger partial charge in [-0.2, -0.15) is 0 Å². The molecule has 1 aromatic rings. The number of hydrogen-bond donors (Lipinski definition) is 4. The summed E-state index contributed by atoms with van der Waals surface area (Å²) in [6.07, 6.45) is 0. The number of carbonyl (C=O) groups excluding carboxylic acids is 2. The van der Waals surface area contributed by atoms with Gasteiger partial charge in [-0.25, -0.2) is 9.78 Å². The molecular formula is C12H18N4O4S. The molecule has 1 heterocycles. The molecule has 1 aromatic heterocycles. The highest BCUT2D eigenvalue weighted by molar-refractivity contribution is 7.11. The summed E-state index contributed by atoms with van der Waals surface area (Å²) in [7, 11) is 0. The molecule has 0 aliphatic rings. The number of carbonyl (C=O) groups is 3. The summed E-state index contributed by atoms with van der Waals surface area (Å²) in [4.78, 5) is 38.4. The molecule has 0 bridgehead atoms. The first-order valence-corrected chi connectivity index (χ1v) is 7.08. The maximum absolute atomic E-state index is 11.7. The second-order valence-electron chi connectivity index (χ2n) is 4.40. The van der Waals surface area contributed by atoms with E-state index in [2.05, 4.69) is 20.9 Å². The lowest BCUT2D eigenvalue weighted by atomic mass is 10.2. The van der Waals surface area contributed by atoms with Crippen molar-refractivity contribution in [2.45, 2.75) is 26.8 Å². The first-order chi connectivity index (χ1) is 9.79. The van der Waals surface area contributed by atoms with Crippen LogP contribution in [0.3, 0.4) is 0 Å². The molecule has 0 aliphatic carbocycles. The highest BCUT2D eigenvalue weighted by Crippen LogP contribution is 2.24. The number of aromatic nitrogens is 1. The minimum atomic E-state index is -1.14. The number of carboxylic acid groups (broad SMARTS) is 1. The molecule has 0 spiro atoms. The van der Waals surface area contributed by atoms with Crippen molar-refractivity contribution in [3.63, 3.8) is 0 Å². The van der Waals surface area contributed by atoms with Gasteiger partial charge in [0.25, 0.3) is 0 Å². The summed E-state index contributed by atoms with van der Waals surface area (Å²) in [6.45, 7) is 4.82. The summed E-state index contributed by atoms with van der Waals surface area (Å²) in [5, 5.41) is 16.5. The van der Waals surface area contributed by atoms with Crippen LogP contribution >= 0.6 is 11.3 Å². The predicted molar refractivity (Wildman–Crippen MR) is 77.2 cm³/mol. The summed E-state index contributed by atoms with van der Waals surface area (Å²) in [5.41, 5.74) is 0.865. The Morgan fingerprint density at radius 3 is 2.43 bits per heavy atom. The van der Waals surface area contributed by atoms with E-state index in [1.807, 2.05) is 20.8 Å². The van der Waals surface area contributed by atoms with Crippen LogP contribution in [0.1, 0.15) is 28.5 Å². The molecule has 1 rings (SSSR count). The van der Waals surface area contributed by atoms with Crippen LogP contribution in [0.2, 0.25) is 0 Å². The zero-order valence-electron chi connectivity index (χ0n) is 12.0. The molecule has 21 heavy (non-hydrogen) atoms. The van der Waals surface area contributed by atoms with E-state index in [1.54, 1.807) is 0 Å². The molecule has 9 heteroatoms. The van der Waals surface area contributed by atoms with Crippen molar-refractivity contribution >= 4 is 29.2 Å². The Morgan fingerprint density at radius 2 is 1.90 bits per heavy atom. The maximum atomic E-state index is 11.7. The molecule has 8 nitrogen and oxygen atoms in total. The van der Waals surface area contributed by atoms with Crippen LogP contribution in [-0.2, 0) is 9.59 Å². The van der Waals surface area contributed by atoms with Gasteiger partial charge in [-0.1, -0.05) is 0 Å². The second kappa shape index (κ2) is 7.58. The Bertz CT molecular complexity index is 543. The van der Waals surface area contributed by atoms with Gasteiger partial charge in [0.1, 0.15) is 6.54 Å². The average molecular weight is 314 g/mol. The van der Waals surface area contributed by atoms with Crippen molar-refractivity contribution in [3.8, 4) is 0 Å². The number of hydrogen-bond acceptors (Lipinski definition) is 5. The third-order valence-electron chi connectivity index (χ3n) is 2.53. The highest BCUT2D eigenvalue weighted by atomic mass is 32.1. The van der Waals surface area contributed by atoms with Crippen LogP contribution in [0.4, 0.5) is 4.79 Å². The van der Waals surface area contributed by atoms with Crippen molar-refractivity contribution in [1.29, 1.82) is 0 Å². The molecule has 0 aromatic carbocycles. The molecule has 0 fully saturated rings. The minimum absolute atomic E-state index is 0.224. The van der Waals surface area contributed by atoms with E-state index in [4.69, 9.17) is 5.11 Å². The van der Waals surface area contributed by atoms with Gasteiger partial charge < -0.3 is 21.1 Å². The van der Waals surface area contributed by atoms with Crippen LogP contribution in [0.25, 0.3) is 0 Å². The van der Waals surface area contributed by atoms with E-state index < -0.39 is 24.5 Å². The third kappa shape index (κ3) is 5.78. The Morgan fingerprint density at radius 1 is 1.24 bits per heavy atom. The third-order valence-corrected chi connectivity index (χ3v) is 3.78. The van der Waals surface area contributed by atoms with E-state index >= 15 is 0 Å². The van der Waals surface area contributed by atoms with Crippen LogP contribution < -0.4 is 16.0 Å². The van der Waals surface area contributed by atoms with E-state index in [1.165, 1.54) is 11.3 Å². The fraction of sp³-hybridized carbons (Fsp3) is 0.500. The topological polar surface area (TPSA) is 120 Å². The number of urea groups is 1. The molecule has 0 radical (unpaired) electrons. The van der Waals surface area contributed by atoms with Gasteiger partial charge in [0.05, 0.1) is 23.3 Å². The normalized spacial score (nSPS) is 11.6. The van der Waals surface area contributed by atoms with Crippen LogP contribution in [0.5, 0.6) is 0 Å². The van der Waals surface area contributed by atoms with Crippen molar-refractivity contribution in [2.75, 3.05) is 13.1 Å².